The molecule has 0 aromatic rings. The highest BCUT2D eigenvalue weighted by molar-refractivity contribution is 8.00. The molecule has 2 saturated heterocycles. The lowest BCUT2D eigenvalue weighted by Crippen LogP contribution is -2.48. The summed E-state index contributed by atoms with van der Waals surface area (Å²) < 4.78 is 0. The van der Waals surface area contributed by atoms with Gasteiger partial charge in [-0.2, -0.15) is 0 Å². The van der Waals surface area contributed by atoms with Gasteiger partial charge in [0.05, 0.1) is 11.8 Å². The molecular formula is C13H24N4O2S. The van der Waals surface area contributed by atoms with Crippen LogP contribution in [0.15, 0.2) is 5.16 Å². The van der Waals surface area contributed by atoms with Crippen molar-refractivity contribution >= 4 is 23.5 Å². The Balaban J connectivity index is 1.69. The van der Waals surface area contributed by atoms with Gasteiger partial charge in [0, 0.05) is 19.1 Å². The molecule has 2 aliphatic rings. The summed E-state index contributed by atoms with van der Waals surface area (Å²) in [5, 5.41) is 14.9. The summed E-state index contributed by atoms with van der Waals surface area (Å²) in [6.45, 7) is 2.24. The van der Waals surface area contributed by atoms with Crippen LogP contribution >= 0.6 is 11.8 Å². The number of nitrogens with two attached hydrogens (primary N) is 1. The average Bonchev–Trinajstić information content (AvgIpc) is 2.50. The van der Waals surface area contributed by atoms with Crippen LogP contribution in [0.4, 0.5) is 0 Å². The molecule has 1 atom stereocenters. The second-order valence-electron chi connectivity index (χ2n) is 5.51. The van der Waals surface area contributed by atoms with Crippen molar-refractivity contribution in [3.05, 3.63) is 0 Å². The predicted molar refractivity (Wildman–Crippen MR) is 81.1 cm³/mol. The Bertz CT molecular complexity index is 350. The smallest absolute Gasteiger partial charge is 0.233 e. The van der Waals surface area contributed by atoms with Gasteiger partial charge in [-0.25, -0.2) is 0 Å². The predicted octanol–water partition coefficient (Wildman–Crippen LogP) is 0.599. The molecule has 0 aliphatic carbocycles. The third-order valence-corrected chi connectivity index (χ3v) is 5.30. The Hall–Kier alpha value is -0.950. The maximum absolute atomic E-state index is 12.2. The fourth-order valence-corrected chi connectivity index (χ4v) is 3.95. The number of carbonyl (C=O) groups excluding carboxylic acids is 1. The number of amides is 1. The molecule has 0 aromatic heterocycles. The van der Waals surface area contributed by atoms with E-state index < -0.39 is 0 Å². The van der Waals surface area contributed by atoms with Crippen LogP contribution in [0.25, 0.3) is 0 Å². The Morgan fingerprint density at radius 1 is 1.35 bits per heavy atom. The normalized spacial score (nSPS) is 26.4. The van der Waals surface area contributed by atoms with Gasteiger partial charge in [-0.1, -0.05) is 11.6 Å². The molecule has 4 N–H and O–H groups in total. The molecular weight excluding hydrogens is 276 g/mol. The Morgan fingerprint density at radius 2 is 2.10 bits per heavy atom. The second kappa shape index (κ2) is 7.73. The van der Waals surface area contributed by atoms with Gasteiger partial charge >= 0.3 is 0 Å². The average molecular weight is 300 g/mol. The number of rotatable bonds is 4. The van der Waals surface area contributed by atoms with Crippen molar-refractivity contribution < 1.29 is 10.0 Å². The molecule has 0 radical (unpaired) electrons. The van der Waals surface area contributed by atoms with Crippen LogP contribution in [0, 0.1) is 0 Å². The largest absolute Gasteiger partial charge is 0.409 e. The van der Waals surface area contributed by atoms with Gasteiger partial charge in [0.25, 0.3) is 0 Å². The summed E-state index contributed by atoms with van der Waals surface area (Å²) in [5.41, 5.74) is 5.50. The molecule has 2 rings (SSSR count). The topological polar surface area (TPSA) is 91.0 Å². The molecule has 0 bridgehead atoms. The number of thioether (sulfide) groups is 1. The minimum absolute atomic E-state index is 0.152. The van der Waals surface area contributed by atoms with Crippen molar-refractivity contribution in [2.45, 2.75) is 43.4 Å². The number of hydrogen-bond donors (Lipinski definition) is 3. The molecule has 7 heteroatoms. The number of piperidine rings is 1. The van der Waals surface area contributed by atoms with Gasteiger partial charge in [-0.15, -0.1) is 11.8 Å². The van der Waals surface area contributed by atoms with Crippen LogP contribution < -0.4 is 11.1 Å². The Morgan fingerprint density at radius 3 is 2.70 bits per heavy atom. The molecule has 1 unspecified atom stereocenters. The number of amidine groups is 1. The van der Waals surface area contributed by atoms with E-state index in [2.05, 4.69) is 15.4 Å². The van der Waals surface area contributed by atoms with Gasteiger partial charge in [0.1, 0.15) is 0 Å². The fourth-order valence-electron chi connectivity index (χ4n) is 2.74. The van der Waals surface area contributed by atoms with E-state index in [0.29, 0.717) is 6.54 Å². The van der Waals surface area contributed by atoms with Crippen molar-refractivity contribution in [2.24, 2.45) is 10.9 Å². The molecule has 0 saturated carbocycles. The molecule has 2 fully saturated rings. The van der Waals surface area contributed by atoms with E-state index in [1.165, 1.54) is 12.8 Å². The van der Waals surface area contributed by atoms with E-state index in [0.717, 1.165) is 38.1 Å². The Labute approximate surface area is 124 Å². The number of carbonyl (C=O) groups is 1. The summed E-state index contributed by atoms with van der Waals surface area (Å²) >= 11 is 1.79. The first kappa shape index (κ1) is 15.4. The van der Waals surface area contributed by atoms with Gasteiger partial charge in [0.15, 0.2) is 5.84 Å². The third-order valence-electron chi connectivity index (χ3n) is 3.92. The maximum Gasteiger partial charge on any atom is 0.233 e. The third kappa shape index (κ3) is 4.56. The van der Waals surface area contributed by atoms with E-state index in [4.69, 9.17) is 10.9 Å². The van der Waals surface area contributed by atoms with Crippen molar-refractivity contribution in [2.75, 3.05) is 25.4 Å². The number of oxime groups is 1. The van der Waals surface area contributed by atoms with E-state index >= 15 is 0 Å². The van der Waals surface area contributed by atoms with Crippen LogP contribution in [0.3, 0.4) is 0 Å². The number of hydrogen-bond acceptors (Lipinski definition) is 5. The molecule has 20 heavy (non-hydrogen) atoms. The zero-order valence-corrected chi connectivity index (χ0v) is 12.6. The van der Waals surface area contributed by atoms with E-state index in [1.54, 1.807) is 11.8 Å². The zero-order chi connectivity index (χ0) is 14.4. The summed E-state index contributed by atoms with van der Waals surface area (Å²) in [4.78, 5) is 14.3. The summed E-state index contributed by atoms with van der Waals surface area (Å²) in [6, 6.07) is 0.272. The van der Waals surface area contributed by atoms with Gasteiger partial charge in [-0.05, 0) is 31.4 Å². The highest BCUT2D eigenvalue weighted by Gasteiger charge is 2.26. The van der Waals surface area contributed by atoms with Gasteiger partial charge in [-0.3, -0.25) is 9.69 Å². The number of likely N-dealkylation sites (tertiary alicyclic amines) is 1. The van der Waals surface area contributed by atoms with Crippen LogP contribution in [0.5, 0.6) is 0 Å². The molecule has 0 spiro atoms. The lowest BCUT2D eigenvalue weighted by atomic mass is 10.0. The highest BCUT2D eigenvalue weighted by atomic mass is 32.2. The molecule has 6 nitrogen and oxygen atoms in total. The zero-order valence-electron chi connectivity index (χ0n) is 11.8. The number of nitrogens with one attached hydrogen (secondary N) is 1. The molecule has 2 aliphatic heterocycles. The SMILES string of the molecule is NC(CN1CCC(NC(=O)C2CCCCS2)CC1)=NO. The van der Waals surface area contributed by atoms with Crippen LogP contribution in [-0.2, 0) is 4.79 Å². The first-order valence-corrected chi connectivity index (χ1v) is 8.34. The quantitative estimate of drug-likeness (QED) is 0.306. The van der Waals surface area contributed by atoms with E-state index in [1.807, 2.05) is 0 Å². The molecule has 2 heterocycles. The van der Waals surface area contributed by atoms with Crippen molar-refractivity contribution in [3.8, 4) is 0 Å². The standard InChI is InChI=1S/C13H24N4O2S/c14-12(16-19)9-17-6-4-10(5-7-17)15-13(18)11-3-1-2-8-20-11/h10-11,19H,1-9H2,(H2,14,16)(H,15,18). The molecule has 0 aromatic carbocycles. The van der Waals surface area contributed by atoms with Crippen molar-refractivity contribution in [3.63, 3.8) is 0 Å². The maximum atomic E-state index is 12.2. The highest BCUT2D eigenvalue weighted by Crippen LogP contribution is 2.25. The van der Waals surface area contributed by atoms with E-state index in [-0.39, 0.29) is 23.0 Å². The minimum atomic E-state index is 0.152. The first-order chi connectivity index (χ1) is 9.69. The van der Waals surface area contributed by atoms with Crippen molar-refractivity contribution in [1.29, 1.82) is 0 Å². The summed E-state index contributed by atoms with van der Waals surface area (Å²) in [5.74, 6) is 1.56. The first-order valence-electron chi connectivity index (χ1n) is 7.30. The van der Waals surface area contributed by atoms with Crippen LogP contribution in [0.2, 0.25) is 0 Å². The minimum Gasteiger partial charge on any atom is -0.409 e. The van der Waals surface area contributed by atoms with E-state index in [9.17, 15) is 4.79 Å². The Kier molecular flexibility index (Phi) is 5.97. The summed E-state index contributed by atoms with van der Waals surface area (Å²) in [7, 11) is 0. The molecule has 1 amide bonds. The fraction of sp³-hybridized carbons (Fsp3) is 0.846. The van der Waals surface area contributed by atoms with Crippen LogP contribution in [0.1, 0.15) is 32.1 Å². The second-order valence-corrected chi connectivity index (χ2v) is 6.82. The summed E-state index contributed by atoms with van der Waals surface area (Å²) in [6.07, 6.45) is 5.28. The molecule has 114 valence electrons. The monoisotopic (exact) mass is 300 g/mol. The van der Waals surface area contributed by atoms with Crippen LogP contribution in [-0.4, -0.2) is 58.5 Å². The van der Waals surface area contributed by atoms with Crippen molar-refractivity contribution in [1.82, 2.24) is 10.2 Å². The van der Waals surface area contributed by atoms with Gasteiger partial charge < -0.3 is 16.3 Å². The van der Waals surface area contributed by atoms with Gasteiger partial charge in [0.2, 0.25) is 5.91 Å². The number of nitrogens with zero attached hydrogens (tertiary/aromatic N) is 2. The lowest BCUT2D eigenvalue weighted by Gasteiger charge is -2.33. The lowest BCUT2D eigenvalue weighted by molar-refractivity contribution is -0.121.